The number of rotatable bonds is 4. The van der Waals surface area contributed by atoms with Crippen molar-refractivity contribution in [2.75, 3.05) is 33.2 Å². The van der Waals surface area contributed by atoms with E-state index in [1.165, 1.54) is 38.2 Å². The van der Waals surface area contributed by atoms with Gasteiger partial charge in [0.25, 0.3) is 0 Å². The van der Waals surface area contributed by atoms with E-state index in [-0.39, 0.29) is 0 Å². The van der Waals surface area contributed by atoms with E-state index in [1.54, 1.807) is 12.1 Å². The highest BCUT2D eigenvalue weighted by Crippen LogP contribution is 2.14. The van der Waals surface area contributed by atoms with Gasteiger partial charge in [-0.1, -0.05) is 12.1 Å². The Balaban J connectivity index is 1.77. The second-order valence-electron chi connectivity index (χ2n) is 5.39. The summed E-state index contributed by atoms with van der Waals surface area (Å²) in [5.74, 6) is 0.353. The molecule has 1 fully saturated rings. The zero-order chi connectivity index (χ0) is 13.0. The third kappa shape index (κ3) is 3.72. The summed E-state index contributed by atoms with van der Waals surface area (Å²) >= 11 is 0. The van der Waals surface area contributed by atoms with Crippen LogP contribution < -0.4 is 0 Å². The molecule has 2 rings (SSSR count). The van der Waals surface area contributed by atoms with E-state index < -0.39 is 0 Å². The highest BCUT2D eigenvalue weighted by Gasteiger charge is 2.18. The lowest BCUT2D eigenvalue weighted by molar-refractivity contribution is 0.115. The summed E-state index contributed by atoms with van der Waals surface area (Å²) in [5, 5.41) is 9.25. The van der Waals surface area contributed by atoms with Gasteiger partial charge in [-0.05, 0) is 44.5 Å². The Labute approximate surface area is 110 Å². The maximum atomic E-state index is 9.25. The minimum Gasteiger partial charge on any atom is -0.508 e. The second kappa shape index (κ2) is 6.21. The molecule has 100 valence electrons. The number of phenols is 1. The molecule has 1 saturated heterocycles. The third-order valence-electron chi connectivity index (χ3n) is 3.95. The topological polar surface area (TPSA) is 26.7 Å². The van der Waals surface area contributed by atoms with Crippen LogP contribution in [-0.2, 0) is 6.42 Å². The molecular formula is C15H24N2O. The molecule has 3 heteroatoms. The number of aromatic hydroxyl groups is 1. The van der Waals surface area contributed by atoms with Crippen molar-refractivity contribution in [3.05, 3.63) is 29.8 Å². The maximum Gasteiger partial charge on any atom is 0.115 e. The first-order valence-corrected chi connectivity index (χ1v) is 6.85. The first-order chi connectivity index (χ1) is 8.65. The molecule has 1 atom stereocenters. The molecule has 1 aliphatic rings. The van der Waals surface area contributed by atoms with Crippen LogP contribution in [0.4, 0.5) is 0 Å². The average molecular weight is 248 g/mol. The van der Waals surface area contributed by atoms with E-state index in [2.05, 4.69) is 23.8 Å². The number of nitrogens with zero attached hydrogens (tertiary/aromatic N) is 2. The standard InChI is InChI=1S/C15H24N2O/c1-13(17-11-9-16(2)10-12-17)3-4-14-5-7-15(18)8-6-14/h5-8,13,18H,3-4,9-12H2,1-2H3/t13-/m1/s1. The van der Waals surface area contributed by atoms with E-state index in [4.69, 9.17) is 0 Å². The Hall–Kier alpha value is -1.06. The summed E-state index contributed by atoms with van der Waals surface area (Å²) in [6.07, 6.45) is 2.28. The molecule has 0 unspecified atom stereocenters. The molecule has 1 heterocycles. The molecular weight excluding hydrogens is 224 g/mol. The van der Waals surface area contributed by atoms with Crippen molar-refractivity contribution in [2.45, 2.75) is 25.8 Å². The highest BCUT2D eigenvalue weighted by molar-refractivity contribution is 5.25. The Bertz CT molecular complexity index is 355. The summed E-state index contributed by atoms with van der Waals surface area (Å²) in [6.45, 7) is 7.07. The normalized spacial score (nSPS) is 19.9. The molecule has 0 radical (unpaired) electrons. The summed E-state index contributed by atoms with van der Waals surface area (Å²) in [4.78, 5) is 4.98. The van der Waals surface area contributed by atoms with Crippen LogP contribution in [0.15, 0.2) is 24.3 Å². The lowest BCUT2D eigenvalue weighted by Crippen LogP contribution is -2.48. The maximum absolute atomic E-state index is 9.25. The monoisotopic (exact) mass is 248 g/mol. The average Bonchev–Trinajstić information content (AvgIpc) is 2.38. The van der Waals surface area contributed by atoms with Crippen LogP contribution in [0.1, 0.15) is 18.9 Å². The number of benzene rings is 1. The molecule has 1 aromatic carbocycles. The number of likely N-dealkylation sites (N-methyl/N-ethyl adjacent to an activating group) is 1. The lowest BCUT2D eigenvalue weighted by Gasteiger charge is -2.36. The van der Waals surface area contributed by atoms with Gasteiger partial charge in [0.15, 0.2) is 0 Å². The van der Waals surface area contributed by atoms with Gasteiger partial charge in [-0.15, -0.1) is 0 Å². The van der Waals surface area contributed by atoms with Crippen molar-refractivity contribution in [1.29, 1.82) is 0 Å². The molecule has 3 nitrogen and oxygen atoms in total. The summed E-state index contributed by atoms with van der Waals surface area (Å²) in [7, 11) is 2.19. The van der Waals surface area contributed by atoms with E-state index in [9.17, 15) is 5.11 Å². The van der Waals surface area contributed by atoms with Crippen LogP contribution in [0, 0.1) is 0 Å². The fraction of sp³-hybridized carbons (Fsp3) is 0.600. The van der Waals surface area contributed by atoms with E-state index in [0.29, 0.717) is 11.8 Å². The molecule has 1 aromatic rings. The van der Waals surface area contributed by atoms with Crippen LogP contribution in [0.2, 0.25) is 0 Å². The molecule has 0 saturated carbocycles. The number of hydrogen-bond acceptors (Lipinski definition) is 3. The largest absolute Gasteiger partial charge is 0.508 e. The summed E-state index contributed by atoms with van der Waals surface area (Å²) < 4.78 is 0. The van der Waals surface area contributed by atoms with Gasteiger partial charge < -0.3 is 10.0 Å². The number of piperazine rings is 1. The van der Waals surface area contributed by atoms with Crippen molar-refractivity contribution >= 4 is 0 Å². The van der Waals surface area contributed by atoms with Gasteiger partial charge in [-0.25, -0.2) is 0 Å². The zero-order valence-electron chi connectivity index (χ0n) is 11.5. The SMILES string of the molecule is C[C@H](CCc1ccc(O)cc1)N1CCN(C)CC1. The Morgan fingerprint density at radius 1 is 1.11 bits per heavy atom. The van der Waals surface area contributed by atoms with Gasteiger partial charge in [0.05, 0.1) is 0 Å². The van der Waals surface area contributed by atoms with Crippen LogP contribution in [-0.4, -0.2) is 54.2 Å². The Kier molecular flexibility index (Phi) is 4.61. The smallest absolute Gasteiger partial charge is 0.115 e. The molecule has 0 aromatic heterocycles. The molecule has 0 amide bonds. The minimum absolute atomic E-state index is 0.353. The fourth-order valence-corrected chi connectivity index (χ4v) is 2.48. The molecule has 0 spiro atoms. The van der Waals surface area contributed by atoms with Gasteiger partial charge in [-0.3, -0.25) is 4.90 Å². The van der Waals surface area contributed by atoms with E-state index >= 15 is 0 Å². The Morgan fingerprint density at radius 2 is 1.72 bits per heavy atom. The summed E-state index contributed by atoms with van der Waals surface area (Å²) in [6, 6.07) is 8.23. The van der Waals surface area contributed by atoms with Crippen LogP contribution in [0.5, 0.6) is 5.75 Å². The molecule has 0 aliphatic carbocycles. The first-order valence-electron chi connectivity index (χ1n) is 6.85. The first kappa shape index (κ1) is 13.4. The van der Waals surface area contributed by atoms with Crippen molar-refractivity contribution in [2.24, 2.45) is 0 Å². The quantitative estimate of drug-likeness (QED) is 0.882. The molecule has 1 aliphatic heterocycles. The third-order valence-corrected chi connectivity index (χ3v) is 3.95. The van der Waals surface area contributed by atoms with Crippen molar-refractivity contribution in [1.82, 2.24) is 9.80 Å². The number of phenolic OH excluding ortho intramolecular Hbond substituents is 1. The zero-order valence-corrected chi connectivity index (χ0v) is 11.5. The van der Waals surface area contributed by atoms with Crippen molar-refractivity contribution in [3.8, 4) is 5.75 Å². The highest BCUT2D eigenvalue weighted by atomic mass is 16.3. The molecule has 0 bridgehead atoms. The van der Waals surface area contributed by atoms with Gasteiger partial charge in [-0.2, -0.15) is 0 Å². The van der Waals surface area contributed by atoms with Gasteiger partial charge in [0.1, 0.15) is 5.75 Å². The van der Waals surface area contributed by atoms with Crippen molar-refractivity contribution in [3.63, 3.8) is 0 Å². The second-order valence-corrected chi connectivity index (χ2v) is 5.39. The van der Waals surface area contributed by atoms with Crippen LogP contribution >= 0.6 is 0 Å². The number of aryl methyl sites for hydroxylation is 1. The van der Waals surface area contributed by atoms with Crippen LogP contribution in [0.25, 0.3) is 0 Å². The van der Waals surface area contributed by atoms with Gasteiger partial charge in [0, 0.05) is 32.2 Å². The van der Waals surface area contributed by atoms with Gasteiger partial charge in [0.2, 0.25) is 0 Å². The minimum atomic E-state index is 0.353. The molecule has 1 N–H and O–H groups in total. The van der Waals surface area contributed by atoms with E-state index in [0.717, 1.165) is 6.42 Å². The number of hydrogen-bond donors (Lipinski definition) is 1. The predicted octanol–water partition coefficient (Wildman–Crippen LogP) is 1.96. The summed E-state index contributed by atoms with van der Waals surface area (Å²) in [5.41, 5.74) is 1.31. The Morgan fingerprint density at radius 3 is 2.33 bits per heavy atom. The van der Waals surface area contributed by atoms with E-state index in [1.807, 2.05) is 12.1 Å². The van der Waals surface area contributed by atoms with Crippen LogP contribution in [0.3, 0.4) is 0 Å². The predicted molar refractivity (Wildman–Crippen MR) is 75.0 cm³/mol. The van der Waals surface area contributed by atoms with Crippen molar-refractivity contribution < 1.29 is 5.11 Å². The van der Waals surface area contributed by atoms with Gasteiger partial charge >= 0.3 is 0 Å². The molecule has 18 heavy (non-hydrogen) atoms. The lowest BCUT2D eigenvalue weighted by atomic mass is 10.0. The fourth-order valence-electron chi connectivity index (χ4n) is 2.48.